The summed E-state index contributed by atoms with van der Waals surface area (Å²) in [4.78, 5) is 46.7. The van der Waals surface area contributed by atoms with Gasteiger partial charge in [-0.25, -0.2) is 0 Å². The molecule has 0 amide bonds. The molecule has 0 spiro atoms. The van der Waals surface area contributed by atoms with Gasteiger partial charge in [-0.2, -0.15) is 0 Å². The Balaban J connectivity index is 0.00000576. The number of hydrogen-bond acceptors (Lipinski definition) is 6. The maximum atomic E-state index is 11.0. The molecule has 0 bridgehead atoms. The van der Waals surface area contributed by atoms with Gasteiger partial charge in [0.25, 0.3) is 0 Å². The molecule has 1 aliphatic carbocycles. The van der Waals surface area contributed by atoms with Crippen molar-refractivity contribution in [1.29, 1.82) is 0 Å². The molecule has 25 heavy (non-hydrogen) atoms. The summed E-state index contributed by atoms with van der Waals surface area (Å²) >= 11 is 0. The Kier molecular flexibility index (Phi) is 10.3. The number of aliphatic carboxylic acids is 4. The quantitative estimate of drug-likeness (QED) is 0.343. The van der Waals surface area contributed by atoms with Crippen molar-refractivity contribution in [3.63, 3.8) is 0 Å². The largest absolute Gasteiger partial charge is 3.00 e. The molecule has 4 N–H and O–H groups in total. The minimum atomic E-state index is -1.19. The third-order valence-electron chi connectivity index (χ3n) is 3.99. The molecule has 0 aliphatic heterocycles. The third-order valence-corrected chi connectivity index (χ3v) is 3.99. The van der Waals surface area contributed by atoms with Crippen molar-refractivity contribution in [2.24, 2.45) is 0 Å². The Bertz CT molecular complexity index is 425. The third kappa shape index (κ3) is 8.30. The van der Waals surface area contributed by atoms with E-state index in [0.717, 1.165) is 12.8 Å². The molecule has 0 aromatic rings. The fourth-order valence-corrected chi connectivity index (χ4v) is 3.22. The van der Waals surface area contributed by atoms with Crippen molar-refractivity contribution in [3.8, 4) is 0 Å². The molecule has 1 fully saturated rings. The van der Waals surface area contributed by atoms with Crippen LogP contribution in [0.15, 0.2) is 0 Å². The van der Waals surface area contributed by atoms with Crippen LogP contribution >= 0.6 is 0 Å². The first-order chi connectivity index (χ1) is 11.2. The number of nitrogens with zero attached hydrogens (tertiary/aromatic N) is 2. The van der Waals surface area contributed by atoms with E-state index < -0.39 is 62.1 Å². The predicted molar refractivity (Wildman–Crippen MR) is 79.7 cm³/mol. The van der Waals surface area contributed by atoms with Crippen molar-refractivity contribution in [1.82, 2.24) is 9.80 Å². The minimum absolute atomic E-state index is 0. The number of carbonyl (C=O) groups is 4. The molecular weight excluding hydrogens is 380 g/mol. The van der Waals surface area contributed by atoms with Gasteiger partial charge in [-0.1, -0.05) is 12.8 Å². The van der Waals surface area contributed by atoms with E-state index >= 15 is 0 Å². The van der Waals surface area contributed by atoms with Crippen LogP contribution in [0.3, 0.4) is 0 Å². The van der Waals surface area contributed by atoms with Gasteiger partial charge in [-0.15, -0.1) is 0 Å². The van der Waals surface area contributed by atoms with Crippen LogP contribution in [-0.4, -0.2) is 92.4 Å². The minimum Gasteiger partial charge on any atom is -0.480 e. The van der Waals surface area contributed by atoms with E-state index in [9.17, 15) is 19.2 Å². The summed E-state index contributed by atoms with van der Waals surface area (Å²) in [6.45, 7) is -1.99. The molecule has 0 heterocycles. The topological polar surface area (TPSA) is 156 Å². The van der Waals surface area contributed by atoms with Gasteiger partial charge < -0.3 is 20.4 Å². The maximum absolute atomic E-state index is 11.0. The monoisotopic (exact) mass is 402 g/mol. The Morgan fingerprint density at radius 3 is 1.08 bits per heavy atom. The second-order valence-electron chi connectivity index (χ2n) is 5.80. The van der Waals surface area contributed by atoms with Crippen molar-refractivity contribution >= 4 is 23.9 Å². The molecule has 1 saturated carbocycles. The van der Waals surface area contributed by atoms with Gasteiger partial charge in [0.1, 0.15) is 0 Å². The summed E-state index contributed by atoms with van der Waals surface area (Å²) in [5.41, 5.74) is 0. The Labute approximate surface area is 154 Å². The second-order valence-corrected chi connectivity index (χ2v) is 5.80. The van der Waals surface area contributed by atoms with E-state index in [0.29, 0.717) is 12.8 Å². The summed E-state index contributed by atoms with van der Waals surface area (Å²) < 4.78 is 0. The Morgan fingerprint density at radius 2 is 0.880 bits per heavy atom. The molecule has 2 unspecified atom stereocenters. The molecule has 1 aliphatic rings. The van der Waals surface area contributed by atoms with E-state index in [1.807, 2.05) is 0 Å². The van der Waals surface area contributed by atoms with E-state index in [4.69, 9.17) is 20.4 Å². The summed E-state index contributed by atoms with van der Waals surface area (Å²) in [6.07, 6.45) is 2.46. The SMILES string of the molecule is O=C(O)CN(CC(=O)O)C1CCCCC1N(CC(=O)O)CC(=O)O.[Fe+3]. The first-order valence-electron chi connectivity index (χ1n) is 7.56. The molecule has 141 valence electrons. The van der Waals surface area contributed by atoms with E-state index in [2.05, 4.69) is 0 Å². The van der Waals surface area contributed by atoms with Crippen molar-refractivity contribution in [3.05, 3.63) is 0 Å². The first kappa shape index (κ1) is 23.3. The number of carboxylic acid groups (broad SMARTS) is 4. The van der Waals surface area contributed by atoms with Crippen LogP contribution in [0.25, 0.3) is 0 Å². The van der Waals surface area contributed by atoms with Crippen LogP contribution in [0, 0.1) is 0 Å². The van der Waals surface area contributed by atoms with Crippen LogP contribution in [0.5, 0.6) is 0 Å². The van der Waals surface area contributed by atoms with Gasteiger partial charge in [0, 0.05) is 12.1 Å². The predicted octanol–water partition coefficient (Wildman–Crippen LogP) is -0.762. The number of carboxylic acids is 4. The normalized spacial score (nSPS) is 20.1. The van der Waals surface area contributed by atoms with Gasteiger partial charge in [0.05, 0.1) is 26.2 Å². The maximum Gasteiger partial charge on any atom is 3.00 e. The van der Waals surface area contributed by atoms with Crippen LogP contribution in [0.2, 0.25) is 0 Å². The van der Waals surface area contributed by atoms with Gasteiger partial charge >= 0.3 is 40.9 Å². The first-order valence-corrected chi connectivity index (χ1v) is 7.56. The second kappa shape index (κ2) is 11.0. The standard InChI is InChI=1S/C14H22N2O8.Fe/c17-11(18)5-15(6-12(19)20)9-3-1-2-4-10(9)16(7-13(21)22)8-14(23)24;/h9-10H,1-8H2,(H,17,18)(H,19,20)(H,21,22)(H,23,24);/q;+3. The average molecular weight is 402 g/mol. The zero-order valence-electron chi connectivity index (χ0n) is 13.5. The van der Waals surface area contributed by atoms with Crippen LogP contribution in [0.1, 0.15) is 25.7 Å². The molecule has 1 rings (SSSR count). The molecular formula is C14H22FeN2O8+3. The van der Waals surface area contributed by atoms with Gasteiger partial charge in [0.2, 0.25) is 0 Å². The fourth-order valence-electron chi connectivity index (χ4n) is 3.22. The number of rotatable bonds is 10. The fraction of sp³-hybridized carbons (Fsp3) is 0.714. The van der Waals surface area contributed by atoms with Crippen molar-refractivity contribution in [2.45, 2.75) is 37.8 Å². The molecule has 10 nitrogen and oxygen atoms in total. The van der Waals surface area contributed by atoms with E-state index in [-0.39, 0.29) is 17.1 Å². The van der Waals surface area contributed by atoms with Crippen molar-refractivity contribution in [2.75, 3.05) is 26.2 Å². The van der Waals surface area contributed by atoms with Crippen LogP contribution < -0.4 is 0 Å². The van der Waals surface area contributed by atoms with Crippen LogP contribution in [-0.2, 0) is 36.2 Å². The van der Waals surface area contributed by atoms with Crippen LogP contribution in [0.4, 0.5) is 0 Å². The zero-order chi connectivity index (χ0) is 18.3. The summed E-state index contributed by atoms with van der Waals surface area (Å²) in [5.74, 6) is -4.76. The molecule has 0 saturated heterocycles. The molecule has 0 aromatic carbocycles. The van der Waals surface area contributed by atoms with Gasteiger partial charge in [0.15, 0.2) is 0 Å². The van der Waals surface area contributed by atoms with Gasteiger partial charge in [-0.3, -0.25) is 29.0 Å². The molecule has 11 heteroatoms. The molecule has 2 atom stereocenters. The van der Waals surface area contributed by atoms with E-state index in [1.54, 1.807) is 0 Å². The zero-order valence-corrected chi connectivity index (χ0v) is 14.6. The van der Waals surface area contributed by atoms with Gasteiger partial charge in [-0.05, 0) is 12.8 Å². The van der Waals surface area contributed by atoms with E-state index in [1.165, 1.54) is 9.80 Å². The molecule has 0 aromatic heterocycles. The summed E-state index contributed by atoms with van der Waals surface area (Å²) in [7, 11) is 0. The molecule has 1 radical (unpaired) electrons. The Morgan fingerprint density at radius 1 is 0.640 bits per heavy atom. The Hall–Kier alpha value is -1.68. The summed E-state index contributed by atoms with van der Waals surface area (Å²) in [6, 6.07) is -1.05. The number of hydrogen-bond donors (Lipinski definition) is 4. The van der Waals surface area contributed by atoms with Crippen molar-refractivity contribution < 1.29 is 56.7 Å². The smallest absolute Gasteiger partial charge is 0.480 e. The average Bonchev–Trinajstić information content (AvgIpc) is 2.44. The summed E-state index contributed by atoms with van der Waals surface area (Å²) in [5, 5.41) is 36.0.